The van der Waals surface area contributed by atoms with Gasteiger partial charge in [-0.15, -0.1) is 0 Å². The summed E-state index contributed by atoms with van der Waals surface area (Å²) < 4.78 is 0. The van der Waals surface area contributed by atoms with Crippen LogP contribution in [0.5, 0.6) is 0 Å². The Hall–Kier alpha value is -1.68. The number of piperidine rings is 1. The van der Waals surface area contributed by atoms with Crippen molar-refractivity contribution in [2.75, 3.05) is 13.1 Å². The molecule has 2 aromatic rings. The quantitative estimate of drug-likeness (QED) is 0.804. The van der Waals surface area contributed by atoms with Gasteiger partial charge in [-0.25, -0.2) is 0 Å². The van der Waals surface area contributed by atoms with Gasteiger partial charge in [0.25, 0.3) is 0 Å². The number of benzene rings is 2. The molecule has 1 fully saturated rings. The summed E-state index contributed by atoms with van der Waals surface area (Å²) in [6, 6.07) is 19.8. The Balaban J connectivity index is 1.62. The van der Waals surface area contributed by atoms with Gasteiger partial charge < -0.3 is 10.4 Å². The predicted octanol–water partition coefficient (Wildman–Crippen LogP) is 3.88. The molecule has 0 aliphatic carbocycles. The minimum atomic E-state index is -0.107. The van der Waals surface area contributed by atoms with E-state index in [9.17, 15) is 5.11 Å². The fourth-order valence-corrected chi connectivity index (χ4v) is 3.62. The average molecular weight is 338 g/mol. The van der Waals surface area contributed by atoms with Gasteiger partial charge in [-0.3, -0.25) is 4.90 Å². The fraction of sp³-hybridized carbons (Fsp3) is 0.455. The maximum Gasteiger partial charge on any atom is 0.0564 e. The number of nitrogens with zero attached hydrogens (tertiary/aromatic N) is 1. The second-order valence-corrected chi connectivity index (χ2v) is 7.03. The van der Waals surface area contributed by atoms with E-state index in [0.29, 0.717) is 6.04 Å². The van der Waals surface area contributed by atoms with Crippen molar-refractivity contribution in [1.29, 1.82) is 0 Å². The van der Waals surface area contributed by atoms with Crippen molar-refractivity contribution in [3.05, 3.63) is 71.3 Å². The lowest BCUT2D eigenvalue weighted by atomic mass is 10.0. The summed E-state index contributed by atoms with van der Waals surface area (Å²) in [7, 11) is 0. The van der Waals surface area contributed by atoms with E-state index in [2.05, 4.69) is 71.7 Å². The first-order valence-electron chi connectivity index (χ1n) is 9.51. The first-order valence-corrected chi connectivity index (χ1v) is 9.51. The van der Waals surface area contributed by atoms with Crippen LogP contribution in [-0.4, -0.2) is 29.2 Å². The van der Waals surface area contributed by atoms with Gasteiger partial charge >= 0.3 is 0 Å². The van der Waals surface area contributed by atoms with Crippen LogP contribution in [0.1, 0.15) is 48.9 Å². The third-order valence-electron chi connectivity index (χ3n) is 5.22. The standard InChI is InChI=1S/C22H30N2O/c1-2-22(18-8-4-3-5-9-18)23-16-19-10-6-7-11-20(19)17-24-14-12-21(25)13-15-24/h3-11,21-23,25H,2,12-17H2,1H3/t22-/m0/s1. The minimum absolute atomic E-state index is 0.107. The minimum Gasteiger partial charge on any atom is -0.393 e. The van der Waals surface area contributed by atoms with Crippen LogP contribution in [-0.2, 0) is 13.1 Å². The highest BCUT2D eigenvalue weighted by molar-refractivity contribution is 5.27. The van der Waals surface area contributed by atoms with Gasteiger partial charge in [0.2, 0.25) is 0 Å². The average Bonchev–Trinajstić information content (AvgIpc) is 2.66. The Labute approximate surface area is 151 Å². The highest BCUT2D eigenvalue weighted by atomic mass is 16.3. The van der Waals surface area contributed by atoms with Crippen molar-refractivity contribution in [3.63, 3.8) is 0 Å². The molecular weight excluding hydrogens is 308 g/mol. The van der Waals surface area contributed by atoms with E-state index in [4.69, 9.17) is 0 Å². The maximum absolute atomic E-state index is 9.69. The van der Waals surface area contributed by atoms with Gasteiger partial charge in [0.1, 0.15) is 0 Å². The molecule has 2 aromatic carbocycles. The first kappa shape index (κ1) is 18.1. The number of rotatable bonds is 7. The molecule has 134 valence electrons. The largest absolute Gasteiger partial charge is 0.393 e. The van der Waals surface area contributed by atoms with Crippen molar-refractivity contribution in [2.45, 2.75) is 51.4 Å². The van der Waals surface area contributed by atoms with Gasteiger partial charge in [0, 0.05) is 32.2 Å². The summed E-state index contributed by atoms with van der Waals surface area (Å²) in [6.45, 7) is 6.08. The molecule has 3 heteroatoms. The monoisotopic (exact) mass is 338 g/mol. The van der Waals surface area contributed by atoms with E-state index >= 15 is 0 Å². The van der Waals surface area contributed by atoms with Gasteiger partial charge in [-0.1, -0.05) is 61.5 Å². The Morgan fingerprint density at radius 1 is 1.00 bits per heavy atom. The molecule has 0 radical (unpaired) electrons. The molecule has 0 saturated carbocycles. The highest BCUT2D eigenvalue weighted by Gasteiger charge is 2.18. The van der Waals surface area contributed by atoms with Crippen molar-refractivity contribution in [2.24, 2.45) is 0 Å². The third kappa shape index (κ3) is 5.15. The number of aliphatic hydroxyl groups is 1. The lowest BCUT2D eigenvalue weighted by molar-refractivity contribution is 0.0791. The fourth-order valence-electron chi connectivity index (χ4n) is 3.62. The van der Waals surface area contributed by atoms with Crippen molar-refractivity contribution < 1.29 is 5.11 Å². The Morgan fingerprint density at radius 2 is 1.64 bits per heavy atom. The Kier molecular flexibility index (Phi) is 6.62. The molecule has 0 amide bonds. The second kappa shape index (κ2) is 9.14. The molecule has 1 aliphatic heterocycles. The number of nitrogens with one attached hydrogen (secondary N) is 1. The first-order chi connectivity index (χ1) is 12.3. The molecule has 1 saturated heterocycles. The molecule has 0 bridgehead atoms. The molecule has 25 heavy (non-hydrogen) atoms. The van der Waals surface area contributed by atoms with Crippen LogP contribution in [0.15, 0.2) is 54.6 Å². The van der Waals surface area contributed by atoms with Crippen LogP contribution in [0.25, 0.3) is 0 Å². The van der Waals surface area contributed by atoms with Crippen LogP contribution < -0.4 is 5.32 Å². The number of aliphatic hydroxyl groups excluding tert-OH is 1. The maximum atomic E-state index is 9.69. The normalized spacial score (nSPS) is 17.5. The van der Waals surface area contributed by atoms with E-state index in [1.54, 1.807) is 0 Å². The van der Waals surface area contributed by atoms with E-state index in [0.717, 1.165) is 45.4 Å². The lowest BCUT2D eigenvalue weighted by Crippen LogP contribution is -2.35. The topological polar surface area (TPSA) is 35.5 Å². The molecule has 3 rings (SSSR count). The van der Waals surface area contributed by atoms with Crippen LogP contribution >= 0.6 is 0 Å². The number of likely N-dealkylation sites (tertiary alicyclic amines) is 1. The second-order valence-electron chi connectivity index (χ2n) is 7.03. The predicted molar refractivity (Wildman–Crippen MR) is 103 cm³/mol. The van der Waals surface area contributed by atoms with E-state index < -0.39 is 0 Å². The van der Waals surface area contributed by atoms with E-state index in [1.165, 1.54) is 16.7 Å². The summed E-state index contributed by atoms with van der Waals surface area (Å²) in [6.07, 6.45) is 2.76. The Bertz CT molecular complexity index is 635. The van der Waals surface area contributed by atoms with E-state index in [-0.39, 0.29) is 6.10 Å². The highest BCUT2D eigenvalue weighted by Crippen LogP contribution is 2.20. The van der Waals surface area contributed by atoms with Gasteiger partial charge in [0.15, 0.2) is 0 Å². The number of hydrogen-bond donors (Lipinski definition) is 2. The van der Waals surface area contributed by atoms with Crippen LogP contribution in [0.3, 0.4) is 0 Å². The zero-order chi connectivity index (χ0) is 17.5. The molecule has 1 atom stereocenters. The van der Waals surface area contributed by atoms with Crippen molar-refractivity contribution >= 4 is 0 Å². The molecule has 1 aliphatic rings. The van der Waals surface area contributed by atoms with Gasteiger partial charge in [-0.2, -0.15) is 0 Å². The molecule has 0 spiro atoms. The Morgan fingerprint density at radius 3 is 2.32 bits per heavy atom. The summed E-state index contributed by atoms with van der Waals surface area (Å²) in [5.74, 6) is 0. The lowest BCUT2D eigenvalue weighted by Gasteiger charge is -2.30. The van der Waals surface area contributed by atoms with Gasteiger partial charge in [0.05, 0.1) is 6.10 Å². The zero-order valence-electron chi connectivity index (χ0n) is 15.2. The zero-order valence-corrected chi connectivity index (χ0v) is 15.2. The molecule has 0 unspecified atom stereocenters. The van der Waals surface area contributed by atoms with E-state index in [1.807, 2.05) is 0 Å². The smallest absolute Gasteiger partial charge is 0.0564 e. The van der Waals surface area contributed by atoms with Gasteiger partial charge in [-0.05, 0) is 36.0 Å². The molecule has 2 N–H and O–H groups in total. The summed E-state index contributed by atoms with van der Waals surface area (Å²) in [4.78, 5) is 2.46. The number of hydrogen-bond acceptors (Lipinski definition) is 3. The van der Waals surface area contributed by atoms with Crippen molar-refractivity contribution in [1.82, 2.24) is 10.2 Å². The summed E-state index contributed by atoms with van der Waals surface area (Å²) >= 11 is 0. The van der Waals surface area contributed by atoms with Crippen LogP contribution in [0.4, 0.5) is 0 Å². The third-order valence-corrected chi connectivity index (χ3v) is 5.22. The van der Waals surface area contributed by atoms with Crippen LogP contribution in [0.2, 0.25) is 0 Å². The molecule has 0 aromatic heterocycles. The summed E-state index contributed by atoms with van der Waals surface area (Å²) in [5, 5.41) is 13.4. The summed E-state index contributed by atoms with van der Waals surface area (Å²) in [5.41, 5.74) is 4.13. The molecular formula is C22H30N2O. The SMILES string of the molecule is CC[C@H](NCc1ccccc1CN1CCC(O)CC1)c1ccccc1. The van der Waals surface area contributed by atoms with Crippen molar-refractivity contribution in [3.8, 4) is 0 Å². The van der Waals surface area contributed by atoms with Crippen LogP contribution in [0, 0.1) is 0 Å². The molecule has 1 heterocycles. The molecule has 3 nitrogen and oxygen atoms in total.